The Hall–Kier alpha value is -3.69. The molecule has 0 unspecified atom stereocenters. The summed E-state index contributed by atoms with van der Waals surface area (Å²) in [5, 5.41) is 21.2. The van der Waals surface area contributed by atoms with Gasteiger partial charge in [0.1, 0.15) is 0 Å². The molecule has 0 radical (unpaired) electrons. The monoisotopic (exact) mass is 598 g/mol. The molecule has 39 heavy (non-hydrogen) atoms. The summed E-state index contributed by atoms with van der Waals surface area (Å²) in [4.78, 5) is 16.3. The zero-order valence-electron chi connectivity index (χ0n) is 19.0. The Labute approximate surface area is 227 Å². The van der Waals surface area contributed by atoms with Crippen molar-refractivity contribution in [2.45, 2.75) is 21.8 Å². The molecule has 0 saturated heterocycles. The molecule has 1 N–H and O–H groups in total. The molecule has 3 heterocycles. The molecule has 0 amide bonds. The number of carboxylic acids is 1. The number of carbonyl (C=O) groups is 1. The number of hydrogen-bond acceptors (Lipinski definition) is 7. The summed E-state index contributed by atoms with van der Waals surface area (Å²) in [5.74, 6) is -0.642. The van der Waals surface area contributed by atoms with Gasteiger partial charge in [0.25, 0.3) is 0 Å². The van der Waals surface area contributed by atoms with Crippen LogP contribution in [0.3, 0.4) is 0 Å². The van der Waals surface area contributed by atoms with Crippen LogP contribution < -0.4 is 0 Å². The molecule has 0 spiro atoms. The maximum atomic E-state index is 13.3. The number of thiophene rings is 1. The summed E-state index contributed by atoms with van der Waals surface area (Å²) in [6, 6.07) is 10.9. The van der Waals surface area contributed by atoms with E-state index in [4.69, 9.17) is 0 Å². The third kappa shape index (κ3) is 5.69. The van der Waals surface area contributed by atoms with Gasteiger partial charge in [0, 0.05) is 16.6 Å². The minimum Gasteiger partial charge on any atom is -0.478 e. The fourth-order valence-electron chi connectivity index (χ4n) is 3.50. The summed E-state index contributed by atoms with van der Waals surface area (Å²) in [7, 11) is 0. The van der Waals surface area contributed by atoms with Gasteiger partial charge in [0.2, 0.25) is 5.16 Å². The van der Waals surface area contributed by atoms with Crippen molar-refractivity contribution in [2.24, 2.45) is 0 Å². The van der Waals surface area contributed by atoms with E-state index in [1.165, 1.54) is 28.8 Å². The first-order valence-electron chi connectivity index (χ1n) is 10.7. The molecule has 5 rings (SSSR count). The molecule has 5 aromatic rings. The van der Waals surface area contributed by atoms with Gasteiger partial charge in [-0.1, -0.05) is 6.07 Å². The second-order valence-electron chi connectivity index (χ2n) is 7.87. The summed E-state index contributed by atoms with van der Waals surface area (Å²) >= 11 is 3.43. The van der Waals surface area contributed by atoms with Gasteiger partial charge in [-0.3, -0.25) is 4.57 Å². The Bertz CT molecular complexity index is 1610. The smallest absolute Gasteiger partial charge is 0.416 e. The number of halogens is 6. The van der Waals surface area contributed by atoms with Crippen molar-refractivity contribution in [3.05, 3.63) is 82.0 Å². The van der Waals surface area contributed by atoms with E-state index < -0.39 is 29.4 Å². The molecule has 0 fully saturated rings. The molecule has 0 atom stereocenters. The van der Waals surface area contributed by atoms with Crippen molar-refractivity contribution in [3.63, 3.8) is 0 Å². The van der Waals surface area contributed by atoms with Crippen molar-refractivity contribution in [1.29, 1.82) is 0 Å². The average molecular weight is 599 g/mol. The van der Waals surface area contributed by atoms with Crippen LogP contribution in [0.4, 0.5) is 26.3 Å². The third-order valence-corrected chi connectivity index (χ3v) is 8.04. The van der Waals surface area contributed by atoms with E-state index in [1.807, 2.05) is 17.5 Å². The van der Waals surface area contributed by atoms with E-state index in [2.05, 4.69) is 15.2 Å². The van der Waals surface area contributed by atoms with Crippen molar-refractivity contribution < 1.29 is 36.2 Å². The van der Waals surface area contributed by atoms with Gasteiger partial charge in [-0.25, -0.2) is 9.78 Å². The molecular formula is C24H12F6N4O2S3. The third-order valence-electron chi connectivity index (χ3n) is 5.29. The predicted octanol–water partition coefficient (Wildman–Crippen LogP) is 8.01. The number of hydrogen-bond donors (Lipinski definition) is 1. The van der Waals surface area contributed by atoms with Gasteiger partial charge in [-0.05, 0) is 65.7 Å². The number of alkyl halides is 6. The molecule has 2 aromatic carbocycles. The number of aromatic carboxylic acids is 1. The summed E-state index contributed by atoms with van der Waals surface area (Å²) in [5.41, 5.74) is -2.64. The Morgan fingerprint density at radius 2 is 1.56 bits per heavy atom. The molecule has 200 valence electrons. The Kier molecular flexibility index (Phi) is 6.99. The van der Waals surface area contributed by atoms with Gasteiger partial charge in [-0.2, -0.15) is 26.3 Å². The number of nitrogens with zero attached hydrogens (tertiary/aromatic N) is 4. The lowest BCUT2D eigenvalue weighted by Crippen LogP contribution is -2.11. The van der Waals surface area contributed by atoms with Crippen LogP contribution >= 0.6 is 34.4 Å². The van der Waals surface area contributed by atoms with E-state index in [0.29, 0.717) is 33.1 Å². The molecule has 6 nitrogen and oxygen atoms in total. The summed E-state index contributed by atoms with van der Waals surface area (Å²) in [6.45, 7) is 0. The van der Waals surface area contributed by atoms with Crippen LogP contribution in [0.5, 0.6) is 0 Å². The molecule has 0 aliphatic rings. The Morgan fingerprint density at radius 3 is 2.13 bits per heavy atom. The van der Waals surface area contributed by atoms with Gasteiger partial charge < -0.3 is 5.11 Å². The molecule has 0 bridgehead atoms. The highest BCUT2D eigenvalue weighted by atomic mass is 32.2. The minimum absolute atomic E-state index is 0.0607. The van der Waals surface area contributed by atoms with E-state index in [1.54, 1.807) is 16.7 Å². The average Bonchev–Trinajstić information content (AvgIpc) is 3.64. The number of carboxylic acid groups (broad SMARTS) is 1. The van der Waals surface area contributed by atoms with Crippen LogP contribution in [0, 0.1) is 0 Å². The second kappa shape index (κ2) is 10.1. The molecular weight excluding hydrogens is 586 g/mol. The van der Waals surface area contributed by atoms with Crippen LogP contribution in [0.15, 0.2) is 74.9 Å². The maximum absolute atomic E-state index is 13.3. The zero-order valence-corrected chi connectivity index (χ0v) is 21.4. The zero-order chi connectivity index (χ0) is 27.9. The van der Waals surface area contributed by atoms with Crippen LogP contribution in [-0.2, 0) is 12.4 Å². The maximum Gasteiger partial charge on any atom is 0.416 e. The van der Waals surface area contributed by atoms with Crippen LogP contribution in [-0.4, -0.2) is 30.8 Å². The molecule has 3 aromatic heterocycles. The topological polar surface area (TPSA) is 80.9 Å². The van der Waals surface area contributed by atoms with Gasteiger partial charge in [0.05, 0.1) is 27.3 Å². The normalized spacial score (nSPS) is 12.2. The molecule has 15 heteroatoms. The SMILES string of the molecule is O=C(O)c1ccc(-n2c(Sc3nc(-c4cc(C(F)(F)F)cc(C(F)(F)F)c4)cs3)nnc2-c2cccs2)cc1. The standard InChI is InChI=1S/C24H12F6N4O2S3/c25-23(26,27)14-8-13(9-15(10-14)24(28,29)30)17-11-38-22(31-17)39-21-33-32-19(18-2-1-7-37-18)34(21)16-5-3-12(4-6-16)20(35)36/h1-11H,(H,35,36). The molecule has 0 aliphatic heterocycles. The second-order valence-corrected chi connectivity index (χ2v) is 10.9. The minimum atomic E-state index is -4.98. The first kappa shape index (κ1) is 26.9. The molecule has 0 saturated carbocycles. The van der Waals surface area contributed by atoms with E-state index >= 15 is 0 Å². The van der Waals surface area contributed by atoms with E-state index in [9.17, 15) is 36.2 Å². The van der Waals surface area contributed by atoms with Gasteiger partial charge in [-0.15, -0.1) is 32.9 Å². The van der Waals surface area contributed by atoms with Crippen molar-refractivity contribution >= 4 is 40.4 Å². The number of thiazole rings is 1. The van der Waals surface area contributed by atoms with Crippen molar-refractivity contribution in [2.75, 3.05) is 0 Å². The quantitative estimate of drug-likeness (QED) is 0.200. The number of rotatable bonds is 6. The van der Waals surface area contributed by atoms with Gasteiger partial charge in [0.15, 0.2) is 10.2 Å². The van der Waals surface area contributed by atoms with Crippen LogP contribution in [0.1, 0.15) is 21.5 Å². The highest BCUT2D eigenvalue weighted by Crippen LogP contribution is 2.40. The van der Waals surface area contributed by atoms with Crippen LogP contribution in [0.25, 0.3) is 27.6 Å². The first-order chi connectivity index (χ1) is 18.4. The highest BCUT2D eigenvalue weighted by molar-refractivity contribution is 8.00. The van der Waals surface area contributed by atoms with Crippen molar-refractivity contribution in [1.82, 2.24) is 19.7 Å². The lowest BCUT2D eigenvalue weighted by atomic mass is 10.0. The van der Waals surface area contributed by atoms with E-state index in [0.717, 1.165) is 28.0 Å². The first-order valence-corrected chi connectivity index (χ1v) is 13.2. The Balaban J connectivity index is 1.53. The predicted molar refractivity (Wildman–Crippen MR) is 133 cm³/mol. The van der Waals surface area contributed by atoms with Crippen LogP contribution in [0.2, 0.25) is 0 Å². The number of benzene rings is 2. The fourth-order valence-corrected chi connectivity index (χ4v) is 5.98. The Morgan fingerprint density at radius 1 is 0.897 bits per heavy atom. The lowest BCUT2D eigenvalue weighted by Gasteiger charge is -2.13. The van der Waals surface area contributed by atoms with E-state index in [-0.39, 0.29) is 22.9 Å². The molecule has 0 aliphatic carbocycles. The summed E-state index contributed by atoms with van der Waals surface area (Å²) < 4.78 is 81.8. The van der Waals surface area contributed by atoms with Gasteiger partial charge >= 0.3 is 18.3 Å². The highest BCUT2D eigenvalue weighted by Gasteiger charge is 2.37. The van der Waals surface area contributed by atoms with Crippen molar-refractivity contribution in [3.8, 4) is 27.6 Å². The summed E-state index contributed by atoms with van der Waals surface area (Å²) in [6.07, 6.45) is -9.96. The fraction of sp³-hybridized carbons (Fsp3) is 0.0833. The number of aromatic nitrogens is 4. The lowest BCUT2D eigenvalue weighted by molar-refractivity contribution is -0.143. The largest absolute Gasteiger partial charge is 0.478 e.